The van der Waals surface area contributed by atoms with Crippen LogP contribution in [-0.4, -0.2) is 4.98 Å². The number of hydrogen-bond acceptors (Lipinski definition) is 4. The molecule has 0 radical (unpaired) electrons. The fraction of sp³-hybridized carbons (Fsp3) is 0.0714. The minimum Gasteiger partial charge on any atom is -0.423 e. The van der Waals surface area contributed by atoms with Crippen molar-refractivity contribution in [2.75, 3.05) is 11.1 Å². The maximum absolute atomic E-state index is 6.07. The third-order valence-corrected chi connectivity index (χ3v) is 3.37. The molecule has 5 heteroatoms. The molecular formula is C14H12ClN3O. The van der Waals surface area contributed by atoms with Crippen molar-refractivity contribution in [1.29, 1.82) is 0 Å². The van der Waals surface area contributed by atoms with E-state index in [4.69, 9.17) is 21.8 Å². The Kier molecular flexibility index (Phi) is 2.80. The largest absolute Gasteiger partial charge is 0.423 e. The van der Waals surface area contributed by atoms with Crippen LogP contribution in [0.1, 0.15) is 5.56 Å². The number of fused-ring (bicyclic) bond motifs is 1. The molecule has 1 aromatic heterocycles. The summed E-state index contributed by atoms with van der Waals surface area (Å²) in [5, 5.41) is 3.81. The lowest BCUT2D eigenvalue weighted by molar-refractivity contribution is 0.623. The lowest BCUT2D eigenvalue weighted by Gasteiger charge is -2.06. The fourth-order valence-corrected chi connectivity index (χ4v) is 2.06. The summed E-state index contributed by atoms with van der Waals surface area (Å²) in [6, 6.07) is 11.5. The number of nitrogen functional groups attached to an aromatic ring is 1. The molecule has 0 aliphatic rings. The van der Waals surface area contributed by atoms with E-state index >= 15 is 0 Å². The molecule has 0 fully saturated rings. The van der Waals surface area contributed by atoms with Crippen molar-refractivity contribution in [3.05, 3.63) is 47.0 Å². The first-order valence-electron chi connectivity index (χ1n) is 5.82. The topological polar surface area (TPSA) is 64.1 Å². The molecule has 1 heterocycles. The Labute approximate surface area is 115 Å². The average Bonchev–Trinajstić information content (AvgIpc) is 2.79. The maximum Gasteiger partial charge on any atom is 0.300 e. The molecular weight excluding hydrogens is 262 g/mol. The predicted molar refractivity (Wildman–Crippen MR) is 77.9 cm³/mol. The van der Waals surface area contributed by atoms with Gasteiger partial charge in [-0.25, -0.2) is 0 Å². The molecule has 0 atom stereocenters. The summed E-state index contributed by atoms with van der Waals surface area (Å²) >= 11 is 6.07. The van der Waals surface area contributed by atoms with Gasteiger partial charge < -0.3 is 15.5 Å². The van der Waals surface area contributed by atoms with Crippen molar-refractivity contribution >= 4 is 40.1 Å². The van der Waals surface area contributed by atoms with E-state index in [9.17, 15) is 0 Å². The molecule has 0 saturated heterocycles. The number of nitrogens with zero attached hydrogens (tertiary/aromatic N) is 1. The Hall–Kier alpha value is -2.20. The summed E-state index contributed by atoms with van der Waals surface area (Å²) in [5.41, 5.74) is 9.55. The lowest BCUT2D eigenvalue weighted by atomic mass is 10.2. The zero-order valence-corrected chi connectivity index (χ0v) is 11.0. The Morgan fingerprint density at radius 1 is 1.21 bits per heavy atom. The molecule has 19 heavy (non-hydrogen) atoms. The molecule has 3 rings (SSSR count). The van der Waals surface area contributed by atoms with E-state index in [0.717, 1.165) is 11.3 Å². The second kappa shape index (κ2) is 4.48. The van der Waals surface area contributed by atoms with Crippen LogP contribution >= 0.6 is 11.6 Å². The highest BCUT2D eigenvalue weighted by Crippen LogP contribution is 2.29. The number of aromatic nitrogens is 1. The summed E-state index contributed by atoms with van der Waals surface area (Å²) in [6.45, 7) is 1.93. The van der Waals surface area contributed by atoms with Crippen LogP contribution in [0.5, 0.6) is 0 Å². The van der Waals surface area contributed by atoms with Crippen molar-refractivity contribution in [2.24, 2.45) is 0 Å². The SMILES string of the molecule is Cc1c(Cl)cccc1Nc1nc2c(N)cccc2o1. The summed E-state index contributed by atoms with van der Waals surface area (Å²) in [6.07, 6.45) is 0. The Bertz CT molecular complexity index is 752. The zero-order chi connectivity index (χ0) is 13.4. The van der Waals surface area contributed by atoms with Gasteiger partial charge >= 0.3 is 0 Å². The van der Waals surface area contributed by atoms with Gasteiger partial charge in [0, 0.05) is 10.7 Å². The smallest absolute Gasteiger partial charge is 0.300 e. The quantitative estimate of drug-likeness (QED) is 0.690. The molecule has 0 spiro atoms. The van der Waals surface area contributed by atoms with Gasteiger partial charge in [0.25, 0.3) is 6.01 Å². The number of oxazole rings is 1. The molecule has 4 nitrogen and oxygen atoms in total. The van der Waals surface area contributed by atoms with Gasteiger partial charge in [-0.3, -0.25) is 0 Å². The highest BCUT2D eigenvalue weighted by molar-refractivity contribution is 6.31. The zero-order valence-electron chi connectivity index (χ0n) is 10.3. The van der Waals surface area contributed by atoms with Crippen LogP contribution in [0.25, 0.3) is 11.1 Å². The number of nitrogens with one attached hydrogen (secondary N) is 1. The molecule has 0 amide bonds. The van der Waals surface area contributed by atoms with E-state index in [-0.39, 0.29) is 0 Å². The summed E-state index contributed by atoms with van der Waals surface area (Å²) < 4.78 is 5.60. The Balaban J connectivity index is 2.02. The molecule has 3 N–H and O–H groups in total. The van der Waals surface area contributed by atoms with E-state index in [1.165, 1.54) is 0 Å². The van der Waals surface area contributed by atoms with Gasteiger partial charge in [0.05, 0.1) is 5.69 Å². The number of nitrogens with two attached hydrogens (primary N) is 1. The molecule has 3 aromatic rings. The first-order chi connectivity index (χ1) is 9.15. The molecule has 96 valence electrons. The van der Waals surface area contributed by atoms with Gasteiger partial charge in [0.2, 0.25) is 0 Å². The summed E-state index contributed by atoms with van der Waals surface area (Å²) in [5.74, 6) is 0. The van der Waals surface area contributed by atoms with Gasteiger partial charge in [0.1, 0.15) is 5.52 Å². The summed E-state index contributed by atoms with van der Waals surface area (Å²) in [7, 11) is 0. The van der Waals surface area contributed by atoms with E-state index in [1.807, 2.05) is 37.3 Å². The molecule has 2 aromatic carbocycles. The fourth-order valence-electron chi connectivity index (χ4n) is 1.88. The normalized spacial score (nSPS) is 10.8. The van der Waals surface area contributed by atoms with E-state index in [1.54, 1.807) is 6.07 Å². The van der Waals surface area contributed by atoms with Gasteiger partial charge in [-0.1, -0.05) is 23.7 Å². The first-order valence-corrected chi connectivity index (χ1v) is 6.20. The van der Waals surface area contributed by atoms with Gasteiger partial charge in [-0.05, 0) is 36.8 Å². The predicted octanol–water partition coefficient (Wildman–Crippen LogP) is 4.12. The number of benzene rings is 2. The number of halogens is 1. The van der Waals surface area contributed by atoms with Crippen LogP contribution in [0, 0.1) is 6.92 Å². The number of rotatable bonds is 2. The summed E-state index contributed by atoms with van der Waals surface area (Å²) in [4.78, 5) is 4.33. The first kappa shape index (κ1) is 11.9. The van der Waals surface area contributed by atoms with Crippen LogP contribution in [0.15, 0.2) is 40.8 Å². The Morgan fingerprint density at radius 2 is 2.00 bits per heavy atom. The Morgan fingerprint density at radius 3 is 2.79 bits per heavy atom. The minimum absolute atomic E-state index is 0.401. The second-order valence-corrected chi connectivity index (χ2v) is 4.66. The van der Waals surface area contributed by atoms with Crippen molar-refractivity contribution in [2.45, 2.75) is 6.92 Å². The number of hydrogen-bond donors (Lipinski definition) is 2. The van der Waals surface area contributed by atoms with Crippen molar-refractivity contribution in [1.82, 2.24) is 4.98 Å². The molecule has 0 saturated carbocycles. The van der Waals surface area contributed by atoms with Gasteiger partial charge in [0.15, 0.2) is 5.58 Å². The second-order valence-electron chi connectivity index (χ2n) is 4.25. The molecule has 0 bridgehead atoms. The third-order valence-electron chi connectivity index (χ3n) is 2.96. The maximum atomic E-state index is 6.07. The van der Waals surface area contributed by atoms with Crippen molar-refractivity contribution < 1.29 is 4.42 Å². The van der Waals surface area contributed by atoms with Crippen LogP contribution in [0.4, 0.5) is 17.4 Å². The molecule has 0 aliphatic carbocycles. The van der Waals surface area contributed by atoms with E-state index in [2.05, 4.69) is 10.3 Å². The van der Waals surface area contributed by atoms with Gasteiger partial charge in [-0.2, -0.15) is 4.98 Å². The van der Waals surface area contributed by atoms with Crippen LogP contribution < -0.4 is 11.1 Å². The monoisotopic (exact) mass is 273 g/mol. The van der Waals surface area contributed by atoms with Gasteiger partial charge in [-0.15, -0.1) is 0 Å². The van der Waals surface area contributed by atoms with Crippen molar-refractivity contribution in [3.63, 3.8) is 0 Å². The lowest BCUT2D eigenvalue weighted by Crippen LogP contribution is -1.93. The van der Waals surface area contributed by atoms with Crippen LogP contribution in [0.3, 0.4) is 0 Å². The minimum atomic E-state index is 0.401. The highest BCUT2D eigenvalue weighted by atomic mass is 35.5. The van der Waals surface area contributed by atoms with E-state index in [0.29, 0.717) is 27.8 Å². The molecule has 0 unspecified atom stereocenters. The molecule has 0 aliphatic heterocycles. The third kappa shape index (κ3) is 2.11. The van der Waals surface area contributed by atoms with Crippen LogP contribution in [-0.2, 0) is 0 Å². The highest BCUT2D eigenvalue weighted by Gasteiger charge is 2.09. The standard InChI is InChI=1S/C14H12ClN3O/c1-8-9(15)4-2-6-11(8)17-14-18-13-10(16)5-3-7-12(13)19-14/h2-7H,16H2,1H3,(H,17,18). The average molecular weight is 274 g/mol. The number of para-hydroxylation sites is 1. The van der Waals surface area contributed by atoms with Crippen LogP contribution in [0.2, 0.25) is 5.02 Å². The van der Waals surface area contributed by atoms with Crippen molar-refractivity contribution in [3.8, 4) is 0 Å². The number of anilines is 3. The van der Waals surface area contributed by atoms with E-state index < -0.39 is 0 Å².